The standard InChI is InChI=1S/C6H2ClF3INO/c7-3-1-12-2-4(5(3)11)13-6(8,9)10/h1-2H. The number of hydrogen-bond acceptors (Lipinski definition) is 2. The van der Waals surface area contributed by atoms with Gasteiger partial charge in [0.1, 0.15) is 0 Å². The Labute approximate surface area is 90.2 Å². The van der Waals surface area contributed by atoms with Crippen molar-refractivity contribution in [2.24, 2.45) is 0 Å². The van der Waals surface area contributed by atoms with E-state index in [0.717, 1.165) is 6.20 Å². The van der Waals surface area contributed by atoms with Crippen molar-refractivity contribution in [2.45, 2.75) is 6.36 Å². The van der Waals surface area contributed by atoms with Gasteiger partial charge >= 0.3 is 6.36 Å². The van der Waals surface area contributed by atoms with Gasteiger partial charge in [0.15, 0.2) is 5.75 Å². The van der Waals surface area contributed by atoms with Gasteiger partial charge in [-0.3, -0.25) is 4.98 Å². The van der Waals surface area contributed by atoms with E-state index in [-0.39, 0.29) is 14.3 Å². The summed E-state index contributed by atoms with van der Waals surface area (Å²) in [6, 6.07) is 0. The molecule has 1 aromatic heterocycles. The quantitative estimate of drug-likeness (QED) is 0.740. The molecule has 72 valence electrons. The molecule has 0 aliphatic heterocycles. The first-order valence-corrected chi connectivity index (χ1v) is 4.40. The Morgan fingerprint density at radius 2 is 2.00 bits per heavy atom. The van der Waals surface area contributed by atoms with Gasteiger partial charge in [-0.05, 0) is 22.6 Å². The molecule has 0 atom stereocenters. The van der Waals surface area contributed by atoms with Crippen LogP contribution in [0.15, 0.2) is 12.4 Å². The van der Waals surface area contributed by atoms with E-state index in [1.54, 1.807) is 22.6 Å². The SMILES string of the molecule is FC(F)(F)Oc1cncc(Cl)c1I. The van der Waals surface area contributed by atoms with Gasteiger partial charge in [-0.2, -0.15) is 0 Å². The minimum Gasteiger partial charge on any atom is -0.403 e. The van der Waals surface area contributed by atoms with E-state index in [4.69, 9.17) is 11.6 Å². The molecule has 0 spiro atoms. The van der Waals surface area contributed by atoms with Crippen molar-refractivity contribution in [3.8, 4) is 5.75 Å². The highest BCUT2D eigenvalue weighted by Gasteiger charge is 2.32. The minimum atomic E-state index is -4.72. The van der Waals surface area contributed by atoms with Gasteiger partial charge in [0, 0.05) is 6.20 Å². The fourth-order valence-electron chi connectivity index (χ4n) is 0.597. The Morgan fingerprint density at radius 1 is 1.38 bits per heavy atom. The summed E-state index contributed by atoms with van der Waals surface area (Å²) in [6.07, 6.45) is -2.51. The Morgan fingerprint density at radius 3 is 2.54 bits per heavy atom. The molecule has 0 aliphatic carbocycles. The van der Waals surface area contributed by atoms with E-state index >= 15 is 0 Å². The fraction of sp³-hybridized carbons (Fsp3) is 0.167. The molecule has 0 amide bonds. The topological polar surface area (TPSA) is 22.1 Å². The second-order valence-corrected chi connectivity index (χ2v) is 3.47. The highest BCUT2D eigenvalue weighted by Crippen LogP contribution is 2.30. The van der Waals surface area contributed by atoms with Crippen LogP contribution in [0, 0.1) is 3.57 Å². The Hall–Kier alpha value is -0.240. The lowest BCUT2D eigenvalue weighted by Crippen LogP contribution is -2.18. The van der Waals surface area contributed by atoms with Crippen molar-refractivity contribution in [1.82, 2.24) is 4.98 Å². The predicted molar refractivity (Wildman–Crippen MR) is 48.6 cm³/mol. The van der Waals surface area contributed by atoms with Crippen LogP contribution in [-0.2, 0) is 0 Å². The third kappa shape index (κ3) is 3.18. The Kier molecular flexibility index (Phi) is 3.23. The smallest absolute Gasteiger partial charge is 0.403 e. The number of nitrogens with zero attached hydrogens (tertiary/aromatic N) is 1. The molecule has 0 bridgehead atoms. The molecule has 1 heterocycles. The lowest BCUT2D eigenvalue weighted by molar-refractivity contribution is -0.275. The number of halogens is 5. The molecule has 0 unspecified atom stereocenters. The minimum absolute atomic E-state index is 0.127. The summed E-state index contributed by atoms with van der Waals surface area (Å²) in [5.74, 6) is -0.388. The predicted octanol–water partition coefficient (Wildman–Crippen LogP) is 3.24. The van der Waals surface area contributed by atoms with Crippen LogP contribution in [-0.4, -0.2) is 11.3 Å². The van der Waals surface area contributed by atoms with E-state index in [1.807, 2.05) is 0 Å². The summed E-state index contributed by atoms with van der Waals surface area (Å²) in [5, 5.41) is 0.127. The number of pyridine rings is 1. The summed E-state index contributed by atoms with van der Waals surface area (Å²) >= 11 is 7.17. The number of aromatic nitrogens is 1. The van der Waals surface area contributed by atoms with Gasteiger partial charge in [-0.1, -0.05) is 11.6 Å². The van der Waals surface area contributed by atoms with Gasteiger partial charge in [-0.15, -0.1) is 13.2 Å². The van der Waals surface area contributed by atoms with Crippen LogP contribution in [0.2, 0.25) is 5.02 Å². The molecule has 1 rings (SSSR count). The first-order chi connectivity index (χ1) is 5.90. The third-order valence-electron chi connectivity index (χ3n) is 1.03. The van der Waals surface area contributed by atoms with Crippen LogP contribution in [0.1, 0.15) is 0 Å². The number of alkyl halides is 3. The summed E-state index contributed by atoms with van der Waals surface area (Å²) < 4.78 is 39.1. The van der Waals surface area contributed by atoms with Crippen molar-refractivity contribution < 1.29 is 17.9 Å². The molecule has 0 aliphatic rings. The molecule has 0 saturated heterocycles. The average Bonchev–Trinajstić information content (AvgIpc) is 1.96. The van der Waals surface area contributed by atoms with Gasteiger partial charge < -0.3 is 4.74 Å². The summed E-state index contributed by atoms with van der Waals surface area (Å²) in [4.78, 5) is 3.47. The fourth-order valence-corrected chi connectivity index (χ4v) is 1.14. The maximum atomic E-state index is 11.8. The van der Waals surface area contributed by atoms with E-state index < -0.39 is 6.36 Å². The molecule has 0 aromatic carbocycles. The van der Waals surface area contributed by atoms with Crippen molar-refractivity contribution in [3.63, 3.8) is 0 Å². The van der Waals surface area contributed by atoms with Crippen molar-refractivity contribution >= 4 is 34.2 Å². The molecule has 1 aromatic rings. The van der Waals surface area contributed by atoms with Gasteiger partial charge in [-0.25, -0.2) is 0 Å². The first-order valence-electron chi connectivity index (χ1n) is 2.95. The zero-order valence-corrected chi connectivity index (χ0v) is 8.81. The summed E-state index contributed by atoms with van der Waals surface area (Å²) in [5.41, 5.74) is 0. The zero-order chi connectivity index (χ0) is 10.1. The first kappa shape index (κ1) is 10.8. The highest BCUT2D eigenvalue weighted by molar-refractivity contribution is 14.1. The van der Waals surface area contributed by atoms with E-state index in [2.05, 4.69) is 9.72 Å². The zero-order valence-electron chi connectivity index (χ0n) is 5.90. The molecule has 0 radical (unpaired) electrons. The molecular formula is C6H2ClF3INO. The average molecular weight is 323 g/mol. The van der Waals surface area contributed by atoms with E-state index in [1.165, 1.54) is 6.20 Å². The van der Waals surface area contributed by atoms with E-state index in [9.17, 15) is 13.2 Å². The van der Waals surface area contributed by atoms with Crippen molar-refractivity contribution in [1.29, 1.82) is 0 Å². The number of rotatable bonds is 1. The molecule has 0 saturated carbocycles. The molecule has 7 heteroatoms. The largest absolute Gasteiger partial charge is 0.573 e. The van der Waals surface area contributed by atoms with Crippen LogP contribution in [0.25, 0.3) is 0 Å². The maximum Gasteiger partial charge on any atom is 0.573 e. The highest BCUT2D eigenvalue weighted by atomic mass is 127. The second kappa shape index (κ2) is 3.87. The second-order valence-electron chi connectivity index (χ2n) is 1.98. The lowest BCUT2D eigenvalue weighted by atomic mass is 10.5. The van der Waals surface area contributed by atoms with E-state index in [0.29, 0.717) is 0 Å². The number of hydrogen-bond donors (Lipinski definition) is 0. The van der Waals surface area contributed by atoms with Crippen molar-refractivity contribution in [3.05, 3.63) is 21.0 Å². The van der Waals surface area contributed by atoms with Gasteiger partial charge in [0.2, 0.25) is 0 Å². The van der Waals surface area contributed by atoms with Crippen LogP contribution in [0.3, 0.4) is 0 Å². The monoisotopic (exact) mass is 323 g/mol. The molecule has 0 fully saturated rings. The van der Waals surface area contributed by atoms with Crippen LogP contribution in [0.5, 0.6) is 5.75 Å². The molecule has 13 heavy (non-hydrogen) atoms. The maximum absolute atomic E-state index is 11.8. The molecule has 0 N–H and O–H groups in total. The van der Waals surface area contributed by atoms with Crippen molar-refractivity contribution in [2.75, 3.05) is 0 Å². The van der Waals surface area contributed by atoms with Crippen LogP contribution >= 0.6 is 34.2 Å². The third-order valence-corrected chi connectivity index (χ3v) is 2.75. The normalized spacial score (nSPS) is 11.5. The Balaban J connectivity index is 2.96. The Bertz CT molecular complexity index is 317. The molecular weight excluding hydrogens is 321 g/mol. The van der Waals surface area contributed by atoms with Gasteiger partial charge in [0.25, 0.3) is 0 Å². The lowest BCUT2D eigenvalue weighted by Gasteiger charge is -2.09. The van der Waals surface area contributed by atoms with Gasteiger partial charge in [0.05, 0.1) is 14.8 Å². The molecule has 2 nitrogen and oxygen atoms in total. The number of ether oxygens (including phenoxy) is 1. The van der Waals surface area contributed by atoms with Crippen LogP contribution in [0.4, 0.5) is 13.2 Å². The summed E-state index contributed by atoms with van der Waals surface area (Å²) in [6.45, 7) is 0. The summed E-state index contributed by atoms with van der Waals surface area (Å²) in [7, 11) is 0. The van der Waals surface area contributed by atoms with Crippen LogP contribution < -0.4 is 4.74 Å².